The molecular weight excluding hydrogens is 330 g/mol. The van der Waals surface area contributed by atoms with Gasteiger partial charge in [-0.15, -0.1) is 0 Å². The second-order valence-corrected chi connectivity index (χ2v) is 5.51. The van der Waals surface area contributed by atoms with Gasteiger partial charge in [-0.3, -0.25) is 4.98 Å². The third-order valence-electron chi connectivity index (χ3n) is 3.51. The van der Waals surface area contributed by atoms with E-state index in [-0.39, 0.29) is 17.3 Å². The molecule has 0 saturated carbocycles. The zero-order chi connectivity index (χ0) is 18.5. The van der Waals surface area contributed by atoms with E-state index in [9.17, 15) is 10.2 Å². The third kappa shape index (κ3) is 4.02. The van der Waals surface area contributed by atoms with Crippen LogP contribution >= 0.6 is 0 Å². The van der Waals surface area contributed by atoms with Gasteiger partial charge in [0.05, 0.1) is 17.6 Å². The summed E-state index contributed by atoms with van der Waals surface area (Å²) in [6, 6.07) is 13.3. The van der Waals surface area contributed by atoms with Gasteiger partial charge in [0.2, 0.25) is 0 Å². The molecule has 0 atom stereocenters. The number of phenolic OH excluding ortho intramolecular Hbond substituents is 2. The number of hydrogen-bond donors (Lipinski definition) is 3. The van der Waals surface area contributed by atoms with E-state index < -0.39 is 0 Å². The van der Waals surface area contributed by atoms with Gasteiger partial charge in [-0.05, 0) is 31.2 Å². The van der Waals surface area contributed by atoms with Gasteiger partial charge in [0, 0.05) is 11.1 Å². The summed E-state index contributed by atoms with van der Waals surface area (Å²) in [6.07, 6.45) is 2.70. The first-order valence-electron chi connectivity index (χ1n) is 7.81. The van der Waals surface area contributed by atoms with Gasteiger partial charge in [-0.25, -0.2) is 15.0 Å². The van der Waals surface area contributed by atoms with Gasteiger partial charge < -0.3 is 15.9 Å². The minimum absolute atomic E-state index is 0.0953. The molecule has 26 heavy (non-hydrogen) atoms. The number of nitrogens with two attached hydrogens (primary N) is 1. The number of phenols is 2. The first-order valence-corrected chi connectivity index (χ1v) is 7.81. The van der Waals surface area contributed by atoms with Crippen LogP contribution in [0.5, 0.6) is 11.5 Å². The first-order chi connectivity index (χ1) is 12.5. The molecule has 0 fully saturated rings. The normalized spacial score (nSPS) is 10.2. The maximum atomic E-state index is 9.86. The highest BCUT2D eigenvalue weighted by Gasteiger charge is 2.11. The van der Waals surface area contributed by atoms with Crippen LogP contribution in [0.25, 0.3) is 22.5 Å². The average Bonchev–Trinajstić information content (AvgIpc) is 2.61. The summed E-state index contributed by atoms with van der Waals surface area (Å²) in [4.78, 5) is 17.1. The fraction of sp³-hybridized carbons (Fsp3) is 0.0526. The van der Waals surface area contributed by atoms with Crippen molar-refractivity contribution in [3.05, 3.63) is 66.9 Å². The maximum absolute atomic E-state index is 9.86. The largest absolute Gasteiger partial charge is 0.508 e. The second kappa shape index (κ2) is 7.43. The van der Waals surface area contributed by atoms with Gasteiger partial charge in [-0.2, -0.15) is 0 Å². The number of aryl methyl sites for hydroxylation is 1. The van der Waals surface area contributed by atoms with Crippen molar-refractivity contribution in [2.24, 2.45) is 0 Å². The maximum Gasteiger partial charge on any atom is 0.143 e. The van der Waals surface area contributed by atoms with Crippen LogP contribution in [-0.4, -0.2) is 30.1 Å². The van der Waals surface area contributed by atoms with E-state index in [1.54, 1.807) is 55.5 Å². The lowest BCUT2D eigenvalue weighted by atomic mass is 10.0. The highest BCUT2D eigenvalue weighted by Crippen LogP contribution is 2.30. The molecule has 0 radical (unpaired) electrons. The summed E-state index contributed by atoms with van der Waals surface area (Å²) in [6.45, 7) is 1.72. The van der Waals surface area contributed by atoms with Crippen molar-refractivity contribution < 1.29 is 10.2 Å². The van der Waals surface area contributed by atoms with Crippen molar-refractivity contribution in [3.8, 4) is 34.0 Å². The number of benzene rings is 2. The minimum Gasteiger partial charge on any atom is -0.508 e. The minimum atomic E-state index is 0.0953. The SMILES string of the molecule is Cc1ncnc(N)cnc(-c2cccc(O)c2)c(-c2cccc(O)c2)n1. The number of rotatable bonds is 2. The average molecular weight is 347 g/mol. The van der Waals surface area contributed by atoms with Gasteiger partial charge in [-0.1, -0.05) is 24.3 Å². The van der Waals surface area contributed by atoms with Gasteiger partial charge in [0.1, 0.15) is 29.5 Å². The van der Waals surface area contributed by atoms with E-state index in [2.05, 4.69) is 19.9 Å². The summed E-state index contributed by atoms with van der Waals surface area (Å²) in [7, 11) is 0. The Balaban J connectivity index is 2.42. The smallest absolute Gasteiger partial charge is 0.143 e. The first kappa shape index (κ1) is 17.1. The Bertz CT molecular complexity index is 1010. The molecule has 0 aliphatic carbocycles. The monoisotopic (exact) mass is 347 g/mol. The Hall–Kier alpha value is -3.74. The van der Waals surface area contributed by atoms with Crippen LogP contribution in [0.1, 0.15) is 5.82 Å². The molecule has 7 heteroatoms. The Morgan fingerprint density at radius 1 is 0.808 bits per heavy atom. The van der Waals surface area contributed by atoms with Crippen LogP contribution < -0.4 is 5.73 Å². The van der Waals surface area contributed by atoms with E-state index >= 15 is 0 Å². The number of aromatic nitrogens is 4. The fourth-order valence-corrected chi connectivity index (χ4v) is 2.37. The number of nitrogen functional groups attached to an aromatic ring is 1. The van der Waals surface area contributed by atoms with E-state index in [0.717, 1.165) is 0 Å². The molecule has 7 nitrogen and oxygen atoms in total. The predicted molar refractivity (Wildman–Crippen MR) is 98.6 cm³/mol. The highest BCUT2D eigenvalue weighted by molar-refractivity contribution is 5.78. The molecule has 4 N–H and O–H groups in total. The summed E-state index contributed by atoms with van der Waals surface area (Å²) >= 11 is 0. The van der Waals surface area contributed by atoms with Crippen LogP contribution in [0.3, 0.4) is 0 Å². The summed E-state index contributed by atoms with van der Waals surface area (Å²) in [5.41, 5.74) is 8.02. The molecule has 2 aromatic carbocycles. The lowest BCUT2D eigenvalue weighted by Crippen LogP contribution is -1.95. The second-order valence-electron chi connectivity index (χ2n) is 5.51. The van der Waals surface area contributed by atoms with Gasteiger partial charge in [0.25, 0.3) is 0 Å². The number of nitrogens with zero attached hydrogens (tertiary/aromatic N) is 4. The van der Waals surface area contributed by atoms with Crippen LogP contribution in [0.4, 0.5) is 5.82 Å². The summed E-state index contributed by atoms with van der Waals surface area (Å²) < 4.78 is 0. The van der Waals surface area contributed by atoms with Gasteiger partial charge in [0.15, 0.2) is 0 Å². The Morgan fingerprint density at radius 2 is 1.42 bits per heavy atom. The van der Waals surface area contributed by atoms with Crippen molar-refractivity contribution in [2.75, 3.05) is 5.73 Å². The fourth-order valence-electron chi connectivity index (χ4n) is 2.37. The van der Waals surface area contributed by atoms with E-state index in [0.29, 0.717) is 28.3 Å². The Morgan fingerprint density at radius 3 is 2.04 bits per heavy atom. The van der Waals surface area contributed by atoms with Crippen molar-refractivity contribution in [1.29, 1.82) is 0 Å². The molecule has 0 aliphatic heterocycles. The van der Waals surface area contributed by atoms with Crippen molar-refractivity contribution >= 4 is 5.82 Å². The van der Waals surface area contributed by atoms with Crippen molar-refractivity contribution in [3.63, 3.8) is 0 Å². The molecule has 3 rings (SSSR count). The molecule has 1 aromatic heterocycles. The standard InChI is InChI=1S/C19H17N5O2/c1-12-22-11-23-17(20)10-21-18(13-4-2-6-15(25)8-13)19(24-12)14-5-3-7-16(26)9-14/h2-11,25-26H,1H3,(H2,20,22,23,24). The van der Waals surface area contributed by atoms with Crippen LogP contribution in [-0.2, 0) is 0 Å². The zero-order valence-electron chi connectivity index (χ0n) is 14.0. The Labute approximate surface area is 150 Å². The quantitative estimate of drug-likeness (QED) is 0.652. The van der Waals surface area contributed by atoms with E-state index in [1.165, 1.54) is 12.5 Å². The van der Waals surface area contributed by atoms with Crippen LogP contribution in [0, 0.1) is 6.92 Å². The summed E-state index contributed by atoms with van der Waals surface area (Å²) in [5, 5.41) is 19.7. The number of hydrogen-bond acceptors (Lipinski definition) is 7. The molecule has 0 unspecified atom stereocenters. The molecule has 0 saturated heterocycles. The number of aromatic hydroxyl groups is 2. The molecule has 0 aliphatic rings. The molecule has 130 valence electrons. The zero-order valence-corrected chi connectivity index (χ0v) is 14.0. The molecule has 0 spiro atoms. The topological polar surface area (TPSA) is 118 Å². The molecule has 1 heterocycles. The van der Waals surface area contributed by atoms with Crippen LogP contribution in [0.2, 0.25) is 0 Å². The molecular formula is C19H17N5O2. The highest BCUT2D eigenvalue weighted by atomic mass is 16.3. The van der Waals surface area contributed by atoms with Crippen molar-refractivity contribution in [2.45, 2.75) is 6.92 Å². The third-order valence-corrected chi connectivity index (χ3v) is 3.51. The molecule has 3 aromatic rings. The van der Waals surface area contributed by atoms with Gasteiger partial charge >= 0.3 is 0 Å². The van der Waals surface area contributed by atoms with E-state index in [1.807, 2.05) is 0 Å². The molecule has 0 amide bonds. The van der Waals surface area contributed by atoms with E-state index in [4.69, 9.17) is 5.73 Å². The Kier molecular flexibility index (Phi) is 4.89. The number of anilines is 1. The predicted octanol–water partition coefficient (Wildman–Crippen LogP) is 3.03. The van der Waals surface area contributed by atoms with Crippen molar-refractivity contribution in [1.82, 2.24) is 19.9 Å². The van der Waals surface area contributed by atoms with Crippen LogP contribution in [0.15, 0.2) is 61.1 Å². The lowest BCUT2D eigenvalue weighted by Gasteiger charge is -2.08. The molecule has 0 bridgehead atoms. The summed E-state index contributed by atoms with van der Waals surface area (Å²) in [5.74, 6) is 0.813. The lowest BCUT2D eigenvalue weighted by molar-refractivity contribution is 0.475.